The van der Waals surface area contributed by atoms with E-state index < -0.39 is 0 Å². The standard InChI is InChI=1S/C10H8BrNO2/c11-8-3-1-7(2-4-8)9(13)10-12-5-6-14-10/h1-4H,5-6H2. The van der Waals surface area contributed by atoms with E-state index in [2.05, 4.69) is 20.9 Å². The molecule has 72 valence electrons. The molecule has 0 bridgehead atoms. The third-order valence-corrected chi connectivity index (χ3v) is 2.41. The van der Waals surface area contributed by atoms with Crippen LogP contribution in [0.25, 0.3) is 0 Å². The molecule has 0 radical (unpaired) electrons. The van der Waals surface area contributed by atoms with Gasteiger partial charge in [0.2, 0.25) is 5.78 Å². The summed E-state index contributed by atoms with van der Waals surface area (Å²) in [6, 6.07) is 7.14. The largest absolute Gasteiger partial charge is 0.473 e. The summed E-state index contributed by atoms with van der Waals surface area (Å²) in [5, 5.41) is 0. The fourth-order valence-electron chi connectivity index (χ4n) is 1.20. The molecule has 4 heteroatoms. The van der Waals surface area contributed by atoms with Crippen molar-refractivity contribution in [1.29, 1.82) is 0 Å². The number of carbonyl (C=O) groups excluding carboxylic acids is 1. The molecule has 1 aliphatic rings. The summed E-state index contributed by atoms with van der Waals surface area (Å²) in [7, 11) is 0. The lowest BCUT2D eigenvalue weighted by Gasteiger charge is -2.00. The van der Waals surface area contributed by atoms with Crippen molar-refractivity contribution in [3.63, 3.8) is 0 Å². The lowest BCUT2D eigenvalue weighted by Crippen LogP contribution is -2.14. The highest BCUT2D eigenvalue weighted by atomic mass is 79.9. The van der Waals surface area contributed by atoms with Crippen LogP contribution >= 0.6 is 15.9 Å². The van der Waals surface area contributed by atoms with Crippen LogP contribution in [0.3, 0.4) is 0 Å². The predicted octanol–water partition coefficient (Wildman–Crippen LogP) is 2.06. The van der Waals surface area contributed by atoms with E-state index >= 15 is 0 Å². The van der Waals surface area contributed by atoms with Gasteiger partial charge < -0.3 is 4.74 Å². The van der Waals surface area contributed by atoms with Crippen LogP contribution in [0.2, 0.25) is 0 Å². The number of aliphatic imine (C=N–C) groups is 1. The van der Waals surface area contributed by atoms with Crippen molar-refractivity contribution in [2.75, 3.05) is 13.2 Å². The molecule has 0 N–H and O–H groups in total. The molecule has 1 aromatic rings. The highest BCUT2D eigenvalue weighted by Crippen LogP contribution is 2.12. The minimum absolute atomic E-state index is 0.144. The number of hydrogen-bond donors (Lipinski definition) is 0. The van der Waals surface area contributed by atoms with Gasteiger partial charge in [-0.2, -0.15) is 0 Å². The molecule has 0 unspecified atom stereocenters. The third kappa shape index (κ3) is 1.85. The van der Waals surface area contributed by atoms with Gasteiger partial charge in [0.05, 0.1) is 6.54 Å². The minimum Gasteiger partial charge on any atom is -0.473 e. The second-order valence-electron chi connectivity index (χ2n) is 2.87. The van der Waals surface area contributed by atoms with Gasteiger partial charge >= 0.3 is 0 Å². The van der Waals surface area contributed by atoms with Gasteiger partial charge in [0, 0.05) is 10.0 Å². The Bertz CT molecular complexity index is 384. The van der Waals surface area contributed by atoms with E-state index in [1.807, 2.05) is 12.1 Å². The molecular formula is C10H8BrNO2. The first-order valence-corrected chi connectivity index (χ1v) is 5.04. The Morgan fingerprint density at radius 2 is 2.07 bits per heavy atom. The topological polar surface area (TPSA) is 38.7 Å². The van der Waals surface area contributed by atoms with Crippen molar-refractivity contribution in [3.8, 4) is 0 Å². The van der Waals surface area contributed by atoms with E-state index in [4.69, 9.17) is 4.74 Å². The lowest BCUT2D eigenvalue weighted by molar-refractivity contribution is 0.103. The van der Waals surface area contributed by atoms with Crippen molar-refractivity contribution in [2.45, 2.75) is 0 Å². The number of carbonyl (C=O) groups is 1. The SMILES string of the molecule is O=C(C1=NCCO1)c1ccc(Br)cc1. The number of hydrogen-bond acceptors (Lipinski definition) is 3. The highest BCUT2D eigenvalue weighted by molar-refractivity contribution is 9.10. The summed E-state index contributed by atoms with van der Waals surface area (Å²) in [6.07, 6.45) is 0. The summed E-state index contributed by atoms with van der Waals surface area (Å²) in [4.78, 5) is 15.7. The molecule has 3 nitrogen and oxygen atoms in total. The van der Waals surface area contributed by atoms with Crippen molar-refractivity contribution in [3.05, 3.63) is 34.3 Å². The summed E-state index contributed by atoms with van der Waals surface area (Å²) >= 11 is 3.31. The molecule has 1 aliphatic heterocycles. The summed E-state index contributed by atoms with van der Waals surface area (Å²) < 4.78 is 6.04. The first kappa shape index (κ1) is 9.40. The van der Waals surface area contributed by atoms with Crippen LogP contribution in [-0.4, -0.2) is 24.8 Å². The van der Waals surface area contributed by atoms with E-state index in [0.29, 0.717) is 18.7 Å². The molecule has 0 saturated carbocycles. The maximum atomic E-state index is 11.7. The molecule has 1 aromatic carbocycles. The maximum absolute atomic E-state index is 11.7. The zero-order valence-corrected chi connectivity index (χ0v) is 8.95. The Labute approximate surface area is 89.9 Å². The van der Waals surface area contributed by atoms with Gasteiger partial charge in [-0.25, -0.2) is 4.99 Å². The van der Waals surface area contributed by atoms with Crippen molar-refractivity contribution < 1.29 is 9.53 Å². The number of benzene rings is 1. The summed E-state index contributed by atoms with van der Waals surface area (Å²) in [6.45, 7) is 1.09. The number of ether oxygens (including phenoxy) is 1. The van der Waals surface area contributed by atoms with Crippen LogP contribution in [-0.2, 0) is 4.74 Å². The Morgan fingerprint density at radius 3 is 2.64 bits per heavy atom. The summed E-state index contributed by atoms with van der Waals surface area (Å²) in [5.41, 5.74) is 0.605. The Hall–Kier alpha value is -1.16. The maximum Gasteiger partial charge on any atom is 0.258 e. The van der Waals surface area contributed by atoms with E-state index in [-0.39, 0.29) is 11.7 Å². The third-order valence-electron chi connectivity index (χ3n) is 1.89. The number of halogens is 1. The zero-order chi connectivity index (χ0) is 9.97. The Morgan fingerprint density at radius 1 is 1.36 bits per heavy atom. The molecule has 0 aliphatic carbocycles. The van der Waals surface area contributed by atoms with E-state index in [9.17, 15) is 4.79 Å². The Kier molecular flexibility index (Phi) is 2.63. The smallest absolute Gasteiger partial charge is 0.258 e. The number of rotatable bonds is 2. The van der Waals surface area contributed by atoms with Crippen molar-refractivity contribution in [1.82, 2.24) is 0 Å². The fraction of sp³-hybridized carbons (Fsp3) is 0.200. The molecule has 2 rings (SSSR count). The van der Waals surface area contributed by atoms with Crippen LogP contribution in [0.15, 0.2) is 33.7 Å². The molecule has 0 saturated heterocycles. The van der Waals surface area contributed by atoms with Gasteiger partial charge in [0.25, 0.3) is 5.90 Å². The molecule has 0 fully saturated rings. The first-order chi connectivity index (χ1) is 6.77. The molecule has 0 spiro atoms. The fourth-order valence-corrected chi connectivity index (χ4v) is 1.46. The second-order valence-corrected chi connectivity index (χ2v) is 3.79. The highest BCUT2D eigenvalue weighted by Gasteiger charge is 2.18. The van der Waals surface area contributed by atoms with E-state index in [0.717, 1.165) is 4.47 Å². The van der Waals surface area contributed by atoms with Crippen LogP contribution in [0, 0.1) is 0 Å². The molecule has 0 aromatic heterocycles. The summed E-state index contributed by atoms with van der Waals surface area (Å²) in [5.74, 6) is 0.0855. The molecule has 1 heterocycles. The van der Waals surface area contributed by atoms with E-state index in [1.54, 1.807) is 12.1 Å². The Balaban J connectivity index is 2.22. The first-order valence-electron chi connectivity index (χ1n) is 4.25. The predicted molar refractivity (Wildman–Crippen MR) is 56.7 cm³/mol. The van der Waals surface area contributed by atoms with Crippen LogP contribution < -0.4 is 0 Å². The average Bonchev–Trinajstić information content (AvgIpc) is 2.71. The average molecular weight is 254 g/mol. The van der Waals surface area contributed by atoms with Gasteiger partial charge in [-0.05, 0) is 24.3 Å². The molecule has 14 heavy (non-hydrogen) atoms. The van der Waals surface area contributed by atoms with Gasteiger partial charge in [-0.15, -0.1) is 0 Å². The monoisotopic (exact) mass is 253 g/mol. The van der Waals surface area contributed by atoms with Crippen LogP contribution in [0.1, 0.15) is 10.4 Å². The zero-order valence-electron chi connectivity index (χ0n) is 7.37. The quantitative estimate of drug-likeness (QED) is 0.757. The van der Waals surface area contributed by atoms with Gasteiger partial charge in [0.1, 0.15) is 6.61 Å². The van der Waals surface area contributed by atoms with Gasteiger partial charge in [-0.3, -0.25) is 4.79 Å². The number of nitrogens with zero attached hydrogens (tertiary/aromatic N) is 1. The lowest BCUT2D eigenvalue weighted by atomic mass is 10.1. The normalized spacial score (nSPS) is 14.8. The number of Topliss-reactive ketones (excluding diaryl/α,β-unsaturated/α-hetero) is 1. The van der Waals surface area contributed by atoms with Crippen LogP contribution in [0.5, 0.6) is 0 Å². The molecular weight excluding hydrogens is 246 g/mol. The van der Waals surface area contributed by atoms with Crippen LogP contribution in [0.4, 0.5) is 0 Å². The molecule has 0 atom stereocenters. The van der Waals surface area contributed by atoms with Gasteiger partial charge in [-0.1, -0.05) is 15.9 Å². The van der Waals surface area contributed by atoms with E-state index in [1.165, 1.54) is 0 Å². The van der Waals surface area contributed by atoms with Gasteiger partial charge in [0.15, 0.2) is 0 Å². The van der Waals surface area contributed by atoms with Crippen molar-refractivity contribution >= 4 is 27.6 Å². The minimum atomic E-state index is -0.144. The molecule has 0 amide bonds. The number of ketones is 1. The second kappa shape index (κ2) is 3.92. The van der Waals surface area contributed by atoms with Crippen molar-refractivity contribution in [2.24, 2.45) is 4.99 Å².